The Morgan fingerprint density at radius 3 is 3.00 bits per heavy atom. The number of nitrogens with one attached hydrogen (secondary N) is 1. The van der Waals surface area contributed by atoms with E-state index in [1.165, 1.54) is 4.88 Å². The minimum Gasteiger partial charge on any atom is -0.383 e. The lowest BCUT2D eigenvalue weighted by molar-refractivity contribution is 0.149. The zero-order chi connectivity index (χ0) is 15.1. The number of hydrogen-bond donors (Lipinski definition) is 1. The Balaban J connectivity index is 1.80. The Kier molecular flexibility index (Phi) is 6.48. The summed E-state index contributed by atoms with van der Waals surface area (Å²) < 4.78 is 5.12. The first-order chi connectivity index (χ1) is 10.2. The Hall–Kier alpha value is -1.11. The maximum atomic E-state index is 12.4. The Bertz CT molecular complexity index is 425. The third-order valence-corrected chi connectivity index (χ3v) is 4.85. The van der Waals surface area contributed by atoms with E-state index in [2.05, 4.69) is 16.3 Å². The van der Waals surface area contributed by atoms with E-state index < -0.39 is 0 Å². The molecule has 118 valence electrons. The van der Waals surface area contributed by atoms with Crippen LogP contribution in [0.1, 0.15) is 24.3 Å². The molecule has 0 radical (unpaired) electrons. The van der Waals surface area contributed by atoms with E-state index in [-0.39, 0.29) is 12.1 Å². The highest BCUT2D eigenvalue weighted by molar-refractivity contribution is 7.10. The van der Waals surface area contributed by atoms with Gasteiger partial charge >= 0.3 is 6.03 Å². The van der Waals surface area contributed by atoms with Crippen LogP contribution in [0.3, 0.4) is 0 Å². The molecule has 1 N–H and O–H groups in total. The van der Waals surface area contributed by atoms with Crippen molar-refractivity contribution in [2.24, 2.45) is 0 Å². The highest BCUT2D eigenvalue weighted by Crippen LogP contribution is 2.18. The molecule has 0 saturated carbocycles. The van der Waals surface area contributed by atoms with Gasteiger partial charge in [0.25, 0.3) is 0 Å². The van der Waals surface area contributed by atoms with Gasteiger partial charge in [0.2, 0.25) is 0 Å². The summed E-state index contributed by atoms with van der Waals surface area (Å²) in [7, 11) is 1.73. The first-order valence-electron chi connectivity index (χ1n) is 7.51. The predicted octanol–water partition coefficient (Wildman–Crippen LogP) is 2.17. The van der Waals surface area contributed by atoms with E-state index in [0.29, 0.717) is 0 Å². The van der Waals surface area contributed by atoms with Crippen molar-refractivity contribution < 1.29 is 9.53 Å². The number of rotatable bonds is 5. The molecule has 1 aliphatic heterocycles. The summed E-state index contributed by atoms with van der Waals surface area (Å²) in [6.45, 7) is 7.29. The van der Waals surface area contributed by atoms with Gasteiger partial charge < -0.3 is 15.0 Å². The quantitative estimate of drug-likeness (QED) is 0.906. The Morgan fingerprint density at radius 2 is 2.29 bits per heavy atom. The zero-order valence-electron chi connectivity index (χ0n) is 12.9. The molecule has 1 saturated heterocycles. The third-order valence-electron chi connectivity index (χ3n) is 3.80. The first kappa shape index (κ1) is 16.3. The smallest absolute Gasteiger partial charge is 0.317 e. The van der Waals surface area contributed by atoms with Crippen LogP contribution in [0.4, 0.5) is 4.79 Å². The highest BCUT2D eigenvalue weighted by atomic mass is 32.1. The Labute approximate surface area is 130 Å². The molecule has 0 bridgehead atoms. The zero-order valence-corrected chi connectivity index (χ0v) is 13.7. The second-order valence-corrected chi connectivity index (χ2v) is 6.34. The van der Waals surface area contributed by atoms with Crippen LogP contribution in [-0.2, 0) is 4.74 Å². The number of urea groups is 1. The monoisotopic (exact) mass is 311 g/mol. The molecule has 0 aliphatic carbocycles. The van der Waals surface area contributed by atoms with E-state index in [9.17, 15) is 4.79 Å². The van der Waals surface area contributed by atoms with Crippen molar-refractivity contribution in [1.82, 2.24) is 15.1 Å². The molecule has 1 aromatic rings. The molecule has 1 aromatic heterocycles. The summed E-state index contributed by atoms with van der Waals surface area (Å²) in [5.74, 6) is 0. The van der Waals surface area contributed by atoms with Crippen molar-refractivity contribution in [2.45, 2.75) is 19.4 Å². The summed E-state index contributed by atoms with van der Waals surface area (Å²) >= 11 is 1.68. The van der Waals surface area contributed by atoms with E-state index in [1.807, 2.05) is 23.3 Å². The van der Waals surface area contributed by atoms with Crippen LogP contribution in [0.15, 0.2) is 17.5 Å². The van der Waals surface area contributed by atoms with Crippen LogP contribution in [0.2, 0.25) is 0 Å². The van der Waals surface area contributed by atoms with Gasteiger partial charge in [-0.25, -0.2) is 4.79 Å². The van der Waals surface area contributed by atoms with Crippen molar-refractivity contribution in [3.05, 3.63) is 22.4 Å². The summed E-state index contributed by atoms with van der Waals surface area (Å²) in [5.41, 5.74) is 0. The standard InChI is InChI=1S/C15H25N3O2S/c1-13(14-5-3-12-21-14)16-15(19)18-7-4-6-17(8-9-18)10-11-20-2/h3,5,12-13H,4,6-11H2,1-2H3,(H,16,19)/t13-/m1/s1. The van der Waals surface area contributed by atoms with Gasteiger partial charge in [-0.1, -0.05) is 6.07 Å². The number of carbonyl (C=O) groups excluding carboxylic acids is 1. The summed E-state index contributed by atoms with van der Waals surface area (Å²) in [6, 6.07) is 4.20. The van der Waals surface area contributed by atoms with Crippen molar-refractivity contribution in [2.75, 3.05) is 46.4 Å². The topological polar surface area (TPSA) is 44.8 Å². The maximum Gasteiger partial charge on any atom is 0.317 e. The van der Waals surface area contributed by atoms with E-state index in [1.54, 1.807) is 18.4 Å². The van der Waals surface area contributed by atoms with Gasteiger partial charge in [0.15, 0.2) is 0 Å². The molecule has 0 aromatic carbocycles. The largest absolute Gasteiger partial charge is 0.383 e. The molecule has 6 heteroatoms. The lowest BCUT2D eigenvalue weighted by Crippen LogP contribution is -2.43. The van der Waals surface area contributed by atoms with Crippen LogP contribution in [0, 0.1) is 0 Å². The molecule has 2 amide bonds. The molecule has 1 aliphatic rings. The van der Waals surface area contributed by atoms with Crippen molar-refractivity contribution in [3.63, 3.8) is 0 Å². The fourth-order valence-electron chi connectivity index (χ4n) is 2.50. The van der Waals surface area contributed by atoms with Crippen molar-refractivity contribution in [3.8, 4) is 0 Å². The Morgan fingerprint density at radius 1 is 1.43 bits per heavy atom. The maximum absolute atomic E-state index is 12.4. The number of carbonyl (C=O) groups is 1. The average Bonchev–Trinajstić information content (AvgIpc) is 2.91. The predicted molar refractivity (Wildman–Crippen MR) is 85.8 cm³/mol. The fourth-order valence-corrected chi connectivity index (χ4v) is 3.24. The number of ether oxygens (including phenoxy) is 1. The number of amides is 2. The SMILES string of the molecule is COCCN1CCCN(C(=O)N[C@H](C)c2cccs2)CC1. The second kappa shape index (κ2) is 8.36. The van der Waals surface area contributed by atoms with Crippen LogP contribution in [0.5, 0.6) is 0 Å². The first-order valence-corrected chi connectivity index (χ1v) is 8.39. The van der Waals surface area contributed by atoms with Gasteiger partial charge in [-0.15, -0.1) is 11.3 Å². The number of nitrogens with zero attached hydrogens (tertiary/aromatic N) is 2. The lowest BCUT2D eigenvalue weighted by Gasteiger charge is -2.24. The fraction of sp³-hybridized carbons (Fsp3) is 0.667. The van der Waals surface area contributed by atoms with Gasteiger partial charge in [0.1, 0.15) is 0 Å². The minimum atomic E-state index is 0.0458. The van der Waals surface area contributed by atoms with Gasteiger partial charge in [0.05, 0.1) is 12.6 Å². The van der Waals surface area contributed by atoms with E-state index in [0.717, 1.165) is 45.8 Å². The third kappa shape index (κ3) is 4.98. The summed E-state index contributed by atoms with van der Waals surface area (Å²) in [4.78, 5) is 17.8. The molecule has 21 heavy (non-hydrogen) atoms. The van der Waals surface area contributed by atoms with Gasteiger partial charge in [-0.3, -0.25) is 4.90 Å². The lowest BCUT2D eigenvalue weighted by atomic mass is 10.3. The second-order valence-electron chi connectivity index (χ2n) is 5.36. The van der Waals surface area contributed by atoms with Crippen molar-refractivity contribution >= 4 is 17.4 Å². The van der Waals surface area contributed by atoms with Gasteiger partial charge in [0, 0.05) is 38.2 Å². The number of hydrogen-bond acceptors (Lipinski definition) is 4. The van der Waals surface area contributed by atoms with Crippen LogP contribution < -0.4 is 5.32 Å². The average molecular weight is 311 g/mol. The normalized spacial score (nSPS) is 18.3. The molecular weight excluding hydrogens is 286 g/mol. The highest BCUT2D eigenvalue weighted by Gasteiger charge is 2.20. The van der Waals surface area contributed by atoms with Crippen LogP contribution in [0.25, 0.3) is 0 Å². The minimum absolute atomic E-state index is 0.0458. The van der Waals surface area contributed by atoms with Gasteiger partial charge in [-0.2, -0.15) is 0 Å². The molecule has 0 unspecified atom stereocenters. The molecule has 2 heterocycles. The molecule has 5 nitrogen and oxygen atoms in total. The van der Waals surface area contributed by atoms with E-state index in [4.69, 9.17) is 4.74 Å². The molecule has 1 fully saturated rings. The molecular formula is C15H25N3O2S. The van der Waals surface area contributed by atoms with E-state index >= 15 is 0 Å². The van der Waals surface area contributed by atoms with Crippen molar-refractivity contribution in [1.29, 1.82) is 0 Å². The molecule has 1 atom stereocenters. The van der Waals surface area contributed by atoms with Gasteiger partial charge in [-0.05, 0) is 31.3 Å². The number of methoxy groups -OCH3 is 1. The summed E-state index contributed by atoms with van der Waals surface area (Å²) in [6.07, 6.45) is 1.02. The van der Waals surface area contributed by atoms with Crippen LogP contribution in [-0.4, -0.2) is 62.3 Å². The number of thiophene rings is 1. The molecule has 2 rings (SSSR count). The molecule has 0 spiro atoms. The van der Waals surface area contributed by atoms with Crippen LogP contribution >= 0.6 is 11.3 Å². The summed E-state index contributed by atoms with van der Waals surface area (Å²) in [5, 5.41) is 5.13.